The van der Waals surface area contributed by atoms with Crippen molar-refractivity contribution in [1.29, 1.82) is 0 Å². The number of amides is 1. The highest BCUT2D eigenvalue weighted by atomic mass is 32.2. The topological polar surface area (TPSA) is 75.6 Å². The minimum absolute atomic E-state index is 0.0110. The molecule has 0 aliphatic carbocycles. The normalized spacial score (nSPS) is 20.2. The molecule has 1 heterocycles. The molecule has 0 aromatic heterocycles. The Morgan fingerprint density at radius 2 is 1.89 bits per heavy atom. The molecule has 0 bridgehead atoms. The number of hydrogen-bond acceptors (Lipinski definition) is 4. The van der Waals surface area contributed by atoms with E-state index < -0.39 is 11.2 Å². The van der Waals surface area contributed by atoms with Crippen LogP contribution in [-0.2, 0) is 9.53 Å². The Morgan fingerprint density at radius 1 is 1.19 bits per heavy atom. The summed E-state index contributed by atoms with van der Waals surface area (Å²) in [4.78, 5) is 24.5. The number of rotatable bonds is 7. The van der Waals surface area contributed by atoms with Crippen LogP contribution < -0.4 is 5.32 Å². The number of nitrogens with one attached hydrogen (secondary N) is 1. The summed E-state index contributed by atoms with van der Waals surface area (Å²) in [6.07, 6.45) is 0.884. The maximum Gasteiger partial charge on any atom is 0.316 e. The Morgan fingerprint density at radius 3 is 2.63 bits per heavy atom. The van der Waals surface area contributed by atoms with Gasteiger partial charge in [0.1, 0.15) is 5.25 Å². The van der Waals surface area contributed by atoms with Crippen molar-refractivity contribution >= 4 is 23.6 Å². The first-order valence-electron chi connectivity index (χ1n) is 8.99. The van der Waals surface area contributed by atoms with Gasteiger partial charge in [0.15, 0.2) is 0 Å². The smallest absolute Gasteiger partial charge is 0.316 e. The highest BCUT2D eigenvalue weighted by Crippen LogP contribution is 2.34. The van der Waals surface area contributed by atoms with E-state index in [0.717, 1.165) is 12.0 Å². The lowest BCUT2D eigenvalue weighted by Gasteiger charge is -2.20. The molecule has 2 aromatic rings. The standard InChI is InChI=1S/C21H23NO4S/c1-14(21(24)25)27-18-10-6-5-9-17(18)20(23)22-13-16-11-12-26-19(16)15-7-3-2-4-8-15/h2-10,14,16,19H,11-13H2,1H3,(H,22,23)(H,24,25)/t14?,16-,19-/m1/s1. The second kappa shape index (κ2) is 9.06. The number of carbonyl (C=O) groups excluding carboxylic acids is 1. The van der Waals surface area contributed by atoms with Gasteiger partial charge in [0.05, 0.1) is 11.7 Å². The van der Waals surface area contributed by atoms with Crippen LogP contribution in [0.5, 0.6) is 0 Å². The summed E-state index contributed by atoms with van der Waals surface area (Å²) in [5.74, 6) is -0.868. The first-order chi connectivity index (χ1) is 13.1. The van der Waals surface area contributed by atoms with Crippen molar-refractivity contribution in [1.82, 2.24) is 5.32 Å². The summed E-state index contributed by atoms with van der Waals surface area (Å²) >= 11 is 1.18. The average Bonchev–Trinajstić information content (AvgIpc) is 3.15. The maximum absolute atomic E-state index is 12.7. The van der Waals surface area contributed by atoms with Crippen LogP contribution in [0.25, 0.3) is 0 Å². The van der Waals surface area contributed by atoms with Gasteiger partial charge in [-0.15, -0.1) is 11.8 Å². The molecule has 1 unspecified atom stereocenters. The SMILES string of the molecule is CC(Sc1ccccc1C(=O)NC[C@H]1CCO[C@@H]1c1ccccc1)C(=O)O. The van der Waals surface area contributed by atoms with Crippen LogP contribution in [0.4, 0.5) is 0 Å². The molecule has 0 spiro atoms. The van der Waals surface area contributed by atoms with E-state index in [1.54, 1.807) is 25.1 Å². The van der Waals surface area contributed by atoms with Gasteiger partial charge in [0.25, 0.3) is 5.91 Å². The first kappa shape index (κ1) is 19.5. The van der Waals surface area contributed by atoms with Crippen molar-refractivity contribution in [3.05, 3.63) is 65.7 Å². The van der Waals surface area contributed by atoms with Crippen LogP contribution in [0.3, 0.4) is 0 Å². The van der Waals surface area contributed by atoms with Gasteiger partial charge in [-0.2, -0.15) is 0 Å². The highest BCUT2D eigenvalue weighted by Gasteiger charge is 2.30. The van der Waals surface area contributed by atoms with Crippen molar-refractivity contribution in [3.8, 4) is 0 Å². The van der Waals surface area contributed by atoms with E-state index in [0.29, 0.717) is 23.6 Å². The fourth-order valence-electron chi connectivity index (χ4n) is 3.17. The van der Waals surface area contributed by atoms with Crippen LogP contribution in [0.2, 0.25) is 0 Å². The molecule has 3 rings (SSSR count). The molecule has 1 aliphatic heterocycles. The molecule has 142 valence electrons. The van der Waals surface area contributed by atoms with Crippen LogP contribution in [0, 0.1) is 5.92 Å². The summed E-state index contributed by atoms with van der Waals surface area (Å²) in [5, 5.41) is 11.5. The highest BCUT2D eigenvalue weighted by molar-refractivity contribution is 8.00. The van der Waals surface area contributed by atoms with Crippen LogP contribution >= 0.6 is 11.8 Å². The minimum Gasteiger partial charge on any atom is -0.480 e. The monoisotopic (exact) mass is 385 g/mol. The number of hydrogen-bond donors (Lipinski definition) is 2. The first-order valence-corrected chi connectivity index (χ1v) is 9.87. The number of carboxylic acid groups (broad SMARTS) is 1. The van der Waals surface area contributed by atoms with Gasteiger partial charge in [-0.1, -0.05) is 42.5 Å². The van der Waals surface area contributed by atoms with E-state index in [2.05, 4.69) is 5.32 Å². The summed E-state index contributed by atoms with van der Waals surface area (Å²) in [5.41, 5.74) is 1.63. The predicted molar refractivity (Wildman–Crippen MR) is 105 cm³/mol. The van der Waals surface area contributed by atoms with Crippen molar-refractivity contribution in [3.63, 3.8) is 0 Å². The number of aliphatic carboxylic acids is 1. The van der Waals surface area contributed by atoms with Crippen molar-refractivity contribution in [2.75, 3.05) is 13.2 Å². The van der Waals surface area contributed by atoms with E-state index in [1.807, 2.05) is 36.4 Å². The number of thioether (sulfide) groups is 1. The van der Waals surface area contributed by atoms with Crippen LogP contribution in [0.1, 0.15) is 35.4 Å². The van der Waals surface area contributed by atoms with Gasteiger partial charge in [-0.05, 0) is 31.0 Å². The Labute approximate surface area is 163 Å². The van der Waals surface area contributed by atoms with Gasteiger partial charge >= 0.3 is 5.97 Å². The summed E-state index contributed by atoms with van der Waals surface area (Å²) < 4.78 is 5.87. The maximum atomic E-state index is 12.7. The zero-order valence-corrected chi connectivity index (χ0v) is 15.9. The Kier molecular flexibility index (Phi) is 6.53. The molecule has 27 heavy (non-hydrogen) atoms. The second-order valence-electron chi connectivity index (χ2n) is 6.56. The zero-order chi connectivity index (χ0) is 19.2. The molecule has 2 N–H and O–H groups in total. The summed E-state index contributed by atoms with van der Waals surface area (Å²) in [7, 11) is 0. The van der Waals surface area contributed by atoms with E-state index in [1.165, 1.54) is 11.8 Å². The third-order valence-electron chi connectivity index (χ3n) is 4.65. The van der Waals surface area contributed by atoms with Crippen LogP contribution in [0.15, 0.2) is 59.5 Å². The Bertz CT molecular complexity index is 796. The molecule has 1 fully saturated rings. The van der Waals surface area contributed by atoms with Crippen molar-refractivity contribution in [2.24, 2.45) is 5.92 Å². The largest absolute Gasteiger partial charge is 0.480 e. The van der Waals surface area contributed by atoms with E-state index in [4.69, 9.17) is 9.84 Å². The fraction of sp³-hybridized carbons (Fsp3) is 0.333. The lowest BCUT2D eigenvalue weighted by atomic mass is 9.95. The lowest BCUT2D eigenvalue weighted by molar-refractivity contribution is -0.136. The zero-order valence-electron chi connectivity index (χ0n) is 15.1. The van der Waals surface area contributed by atoms with Gasteiger partial charge in [-0.3, -0.25) is 9.59 Å². The van der Waals surface area contributed by atoms with Crippen molar-refractivity contribution in [2.45, 2.75) is 29.6 Å². The predicted octanol–water partition coefficient (Wildman–Crippen LogP) is 3.76. The number of carbonyl (C=O) groups is 2. The van der Waals surface area contributed by atoms with Gasteiger partial charge in [0.2, 0.25) is 0 Å². The molecule has 6 heteroatoms. The summed E-state index contributed by atoms with van der Waals surface area (Å²) in [6, 6.07) is 17.2. The molecule has 0 saturated carbocycles. The van der Waals surface area contributed by atoms with E-state index in [9.17, 15) is 9.59 Å². The van der Waals surface area contributed by atoms with Gasteiger partial charge in [0, 0.05) is 24.0 Å². The van der Waals surface area contributed by atoms with E-state index in [-0.39, 0.29) is 17.9 Å². The Hall–Kier alpha value is -2.31. The molecule has 2 aromatic carbocycles. The lowest BCUT2D eigenvalue weighted by Crippen LogP contribution is -2.31. The second-order valence-corrected chi connectivity index (χ2v) is 7.94. The fourth-order valence-corrected chi connectivity index (χ4v) is 4.10. The minimum atomic E-state index is -0.899. The quantitative estimate of drug-likeness (QED) is 0.710. The number of ether oxygens (including phenoxy) is 1. The molecular formula is C21H23NO4S. The van der Waals surface area contributed by atoms with E-state index >= 15 is 0 Å². The van der Waals surface area contributed by atoms with Gasteiger partial charge in [-0.25, -0.2) is 0 Å². The third kappa shape index (κ3) is 4.90. The molecule has 1 saturated heterocycles. The van der Waals surface area contributed by atoms with Crippen molar-refractivity contribution < 1.29 is 19.4 Å². The molecule has 1 amide bonds. The molecular weight excluding hydrogens is 362 g/mol. The molecule has 5 nitrogen and oxygen atoms in total. The summed E-state index contributed by atoms with van der Waals surface area (Å²) in [6.45, 7) is 2.82. The number of carboxylic acids is 1. The molecule has 0 radical (unpaired) electrons. The van der Waals surface area contributed by atoms with Gasteiger partial charge < -0.3 is 15.2 Å². The van der Waals surface area contributed by atoms with Crippen LogP contribution in [-0.4, -0.2) is 35.4 Å². The molecule has 1 aliphatic rings. The number of benzene rings is 2. The Balaban J connectivity index is 1.65. The average molecular weight is 385 g/mol. The third-order valence-corrected chi connectivity index (χ3v) is 5.82. The molecule has 3 atom stereocenters.